The van der Waals surface area contributed by atoms with Crippen molar-refractivity contribution in [2.75, 3.05) is 20.8 Å². The van der Waals surface area contributed by atoms with Gasteiger partial charge in [-0.15, -0.1) is 0 Å². The van der Waals surface area contributed by atoms with Gasteiger partial charge in [0.25, 0.3) is 5.91 Å². The lowest BCUT2D eigenvalue weighted by Crippen LogP contribution is -2.34. The smallest absolute Gasteiger partial charge is 0.255 e. The summed E-state index contributed by atoms with van der Waals surface area (Å²) < 4.78 is 16.6. The van der Waals surface area contributed by atoms with Crippen molar-refractivity contribution in [3.63, 3.8) is 0 Å². The number of methoxy groups -OCH3 is 2. The second kappa shape index (κ2) is 11.0. The summed E-state index contributed by atoms with van der Waals surface area (Å²) in [5.41, 5.74) is 3.31. The van der Waals surface area contributed by atoms with E-state index in [-0.39, 0.29) is 18.2 Å². The quantitative estimate of drug-likeness (QED) is 0.468. The first-order valence-electron chi connectivity index (χ1n) is 11.6. The van der Waals surface area contributed by atoms with Crippen LogP contribution in [0.5, 0.6) is 17.2 Å². The minimum absolute atomic E-state index is 0.0871. The number of amides is 2. The fourth-order valence-corrected chi connectivity index (χ4v) is 4.39. The molecule has 0 bridgehead atoms. The van der Waals surface area contributed by atoms with E-state index in [9.17, 15) is 9.59 Å². The SMILES string of the molecule is CCOc1ccc([C@@H](CC(=O)NCc2ccccc2OC)N2Cc3ccccc3C2=O)cc1OC. The summed E-state index contributed by atoms with van der Waals surface area (Å²) >= 11 is 0. The minimum Gasteiger partial charge on any atom is -0.496 e. The molecule has 0 saturated carbocycles. The van der Waals surface area contributed by atoms with E-state index in [0.29, 0.717) is 42.5 Å². The van der Waals surface area contributed by atoms with Crippen molar-refractivity contribution in [3.05, 3.63) is 89.0 Å². The van der Waals surface area contributed by atoms with Crippen LogP contribution in [0.2, 0.25) is 0 Å². The number of carbonyl (C=O) groups excluding carboxylic acids is 2. The summed E-state index contributed by atoms with van der Waals surface area (Å²) in [6.45, 7) is 3.18. The molecule has 0 unspecified atom stereocenters. The van der Waals surface area contributed by atoms with Crippen LogP contribution in [0.4, 0.5) is 0 Å². The van der Waals surface area contributed by atoms with Gasteiger partial charge in [0.15, 0.2) is 11.5 Å². The first kappa shape index (κ1) is 24.1. The third-order valence-electron chi connectivity index (χ3n) is 6.15. The summed E-state index contributed by atoms with van der Waals surface area (Å²) in [5, 5.41) is 2.98. The fourth-order valence-electron chi connectivity index (χ4n) is 4.39. The van der Waals surface area contributed by atoms with Gasteiger partial charge in [0.2, 0.25) is 5.91 Å². The molecule has 2 amide bonds. The Bertz CT molecular complexity index is 1210. The van der Waals surface area contributed by atoms with Crippen molar-refractivity contribution in [3.8, 4) is 17.2 Å². The molecule has 4 rings (SSSR count). The number of fused-ring (bicyclic) bond motifs is 1. The lowest BCUT2D eigenvalue weighted by Gasteiger charge is -2.28. The Morgan fingerprint density at radius 1 is 0.971 bits per heavy atom. The van der Waals surface area contributed by atoms with Gasteiger partial charge in [0.1, 0.15) is 5.75 Å². The van der Waals surface area contributed by atoms with E-state index in [1.54, 1.807) is 19.1 Å². The van der Waals surface area contributed by atoms with Crippen LogP contribution in [0, 0.1) is 0 Å². The van der Waals surface area contributed by atoms with E-state index in [1.807, 2.05) is 73.7 Å². The van der Waals surface area contributed by atoms with Gasteiger partial charge in [-0.05, 0) is 42.3 Å². The molecule has 182 valence electrons. The molecular weight excluding hydrogens is 444 g/mol. The van der Waals surface area contributed by atoms with Crippen LogP contribution in [0.25, 0.3) is 0 Å². The molecule has 35 heavy (non-hydrogen) atoms. The molecule has 0 spiro atoms. The van der Waals surface area contributed by atoms with Crippen LogP contribution in [0.1, 0.15) is 46.4 Å². The van der Waals surface area contributed by atoms with E-state index in [4.69, 9.17) is 14.2 Å². The maximum Gasteiger partial charge on any atom is 0.255 e. The van der Waals surface area contributed by atoms with E-state index < -0.39 is 6.04 Å². The molecule has 3 aromatic rings. The Kier molecular flexibility index (Phi) is 7.55. The molecule has 1 aliphatic heterocycles. The number of nitrogens with zero attached hydrogens (tertiary/aromatic N) is 1. The predicted molar refractivity (Wildman–Crippen MR) is 133 cm³/mol. The number of hydrogen-bond donors (Lipinski definition) is 1. The molecule has 7 nitrogen and oxygen atoms in total. The van der Waals surface area contributed by atoms with E-state index >= 15 is 0 Å². The monoisotopic (exact) mass is 474 g/mol. The lowest BCUT2D eigenvalue weighted by atomic mass is 10.0. The van der Waals surface area contributed by atoms with E-state index in [0.717, 1.165) is 16.7 Å². The Balaban J connectivity index is 1.60. The van der Waals surface area contributed by atoms with E-state index in [1.165, 1.54) is 0 Å². The zero-order chi connectivity index (χ0) is 24.8. The minimum atomic E-state index is -0.475. The normalized spacial score (nSPS) is 13.2. The molecule has 0 aliphatic carbocycles. The molecule has 1 heterocycles. The van der Waals surface area contributed by atoms with Crippen molar-refractivity contribution >= 4 is 11.8 Å². The molecule has 1 atom stereocenters. The van der Waals surface area contributed by atoms with Gasteiger partial charge in [-0.3, -0.25) is 9.59 Å². The van der Waals surface area contributed by atoms with Gasteiger partial charge in [0.05, 0.1) is 33.3 Å². The van der Waals surface area contributed by atoms with Crippen LogP contribution in [0.3, 0.4) is 0 Å². The highest BCUT2D eigenvalue weighted by Crippen LogP contribution is 2.37. The first-order valence-corrected chi connectivity index (χ1v) is 11.6. The van der Waals surface area contributed by atoms with Gasteiger partial charge in [-0.1, -0.05) is 42.5 Å². The summed E-state index contributed by atoms with van der Waals surface area (Å²) in [6, 6.07) is 20.2. The summed E-state index contributed by atoms with van der Waals surface area (Å²) in [7, 11) is 3.18. The molecule has 3 aromatic carbocycles. The number of benzene rings is 3. The molecule has 0 saturated heterocycles. The van der Waals surface area contributed by atoms with Crippen molar-refractivity contribution in [1.82, 2.24) is 10.2 Å². The van der Waals surface area contributed by atoms with Crippen molar-refractivity contribution in [2.24, 2.45) is 0 Å². The average molecular weight is 475 g/mol. The Hall–Kier alpha value is -4.00. The summed E-state index contributed by atoms with van der Waals surface area (Å²) in [5.74, 6) is 1.64. The second-order valence-corrected chi connectivity index (χ2v) is 8.24. The number of para-hydroxylation sites is 1. The fraction of sp³-hybridized carbons (Fsp3) is 0.286. The standard InChI is InChI=1S/C28H30N2O5/c1-4-35-25-14-13-19(15-26(25)34-3)23(30-18-21-10-5-7-11-22(21)28(30)32)16-27(31)29-17-20-9-6-8-12-24(20)33-2/h5-15,23H,4,16-18H2,1-3H3,(H,29,31)/t23-/m1/s1. The maximum atomic E-state index is 13.3. The second-order valence-electron chi connectivity index (χ2n) is 8.24. The van der Waals surface area contributed by atoms with Gasteiger partial charge >= 0.3 is 0 Å². The summed E-state index contributed by atoms with van der Waals surface area (Å²) in [4.78, 5) is 28.2. The number of ether oxygens (including phenoxy) is 3. The highest BCUT2D eigenvalue weighted by molar-refractivity contribution is 5.98. The third kappa shape index (κ3) is 5.24. The highest BCUT2D eigenvalue weighted by Gasteiger charge is 2.34. The number of rotatable bonds is 10. The Morgan fingerprint density at radius 3 is 2.46 bits per heavy atom. The molecule has 0 radical (unpaired) electrons. The molecule has 1 N–H and O–H groups in total. The molecular formula is C28H30N2O5. The van der Waals surface area contributed by atoms with Crippen LogP contribution < -0.4 is 19.5 Å². The molecule has 0 aromatic heterocycles. The summed E-state index contributed by atoms with van der Waals surface area (Å²) in [6.07, 6.45) is 0.103. The van der Waals surface area contributed by atoms with E-state index in [2.05, 4.69) is 5.32 Å². The molecule has 0 fully saturated rings. The molecule has 1 aliphatic rings. The third-order valence-corrected chi connectivity index (χ3v) is 6.15. The average Bonchev–Trinajstić information content (AvgIpc) is 3.22. The molecule has 7 heteroatoms. The van der Waals surface area contributed by atoms with Crippen LogP contribution >= 0.6 is 0 Å². The number of nitrogens with one attached hydrogen (secondary N) is 1. The van der Waals surface area contributed by atoms with Crippen molar-refractivity contribution < 1.29 is 23.8 Å². The van der Waals surface area contributed by atoms with Gasteiger partial charge < -0.3 is 24.4 Å². The van der Waals surface area contributed by atoms with Gasteiger partial charge in [0, 0.05) is 24.2 Å². The number of hydrogen-bond acceptors (Lipinski definition) is 5. The Labute approximate surface area is 205 Å². The zero-order valence-electron chi connectivity index (χ0n) is 20.2. The van der Waals surface area contributed by atoms with Crippen LogP contribution in [-0.2, 0) is 17.9 Å². The lowest BCUT2D eigenvalue weighted by molar-refractivity contribution is -0.122. The van der Waals surface area contributed by atoms with Crippen LogP contribution in [0.15, 0.2) is 66.7 Å². The topological polar surface area (TPSA) is 77.1 Å². The predicted octanol–water partition coefficient (Wildman–Crippen LogP) is 4.51. The Morgan fingerprint density at radius 2 is 1.71 bits per heavy atom. The van der Waals surface area contributed by atoms with Crippen molar-refractivity contribution in [1.29, 1.82) is 0 Å². The number of carbonyl (C=O) groups is 2. The zero-order valence-corrected chi connectivity index (χ0v) is 20.2. The maximum absolute atomic E-state index is 13.3. The van der Waals surface area contributed by atoms with Gasteiger partial charge in [-0.25, -0.2) is 0 Å². The van der Waals surface area contributed by atoms with Crippen LogP contribution in [-0.4, -0.2) is 37.5 Å². The first-order chi connectivity index (χ1) is 17.0. The van der Waals surface area contributed by atoms with Crippen molar-refractivity contribution in [2.45, 2.75) is 32.5 Å². The van der Waals surface area contributed by atoms with Gasteiger partial charge in [-0.2, -0.15) is 0 Å². The largest absolute Gasteiger partial charge is 0.496 e. The highest BCUT2D eigenvalue weighted by atomic mass is 16.5.